The van der Waals surface area contributed by atoms with E-state index in [9.17, 15) is 4.79 Å². The Kier molecular flexibility index (Phi) is 4.21. The smallest absolute Gasteiger partial charge is 0.228 e. The third kappa shape index (κ3) is 3.18. The minimum Gasteiger partial charge on any atom is -0.396 e. The number of carbonyl (C=O) groups is 1. The van der Waals surface area contributed by atoms with E-state index < -0.39 is 0 Å². The molecule has 0 aliphatic carbocycles. The van der Waals surface area contributed by atoms with Crippen LogP contribution >= 0.6 is 0 Å². The molecule has 1 amide bonds. The molecule has 4 heteroatoms. The molecule has 3 rings (SSSR count). The second-order valence-electron chi connectivity index (χ2n) is 5.25. The van der Waals surface area contributed by atoms with Crippen molar-refractivity contribution in [1.82, 2.24) is 4.98 Å². The maximum atomic E-state index is 12.2. The number of nitrogens with one attached hydrogen (secondary N) is 2. The molecule has 0 bridgehead atoms. The first kappa shape index (κ1) is 14.4. The van der Waals surface area contributed by atoms with Crippen LogP contribution < -0.4 is 5.32 Å². The van der Waals surface area contributed by atoms with E-state index in [4.69, 9.17) is 5.11 Å². The summed E-state index contributed by atoms with van der Waals surface area (Å²) in [6.45, 7) is 0.131. The average molecular weight is 294 g/mol. The zero-order chi connectivity index (χ0) is 15.4. The minimum atomic E-state index is -0.0420. The maximum absolute atomic E-state index is 12.2. The van der Waals surface area contributed by atoms with Gasteiger partial charge in [0.15, 0.2) is 0 Å². The van der Waals surface area contributed by atoms with Gasteiger partial charge in [0.1, 0.15) is 0 Å². The molecule has 22 heavy (non-hydrogen) atoms. The lowest BCUT2D eigenvalue weighted by molar-refractivity contribution is -0.115. The van der Waals surface area contributed by atoms with Crippen molar-refractivity contribution in [2.75, 3.05) is 11.9 Å². The normalized spacial score (nSPS) is 10.8. The standard InChI is InChI=1S/C18H18N2O2/c21-10-9-13-5-7-15(8-6-13)20-18(22)11-14-12-19-17-4-2-1-3-16(14)17/h1-8,12,19,21H,9-11H2,(H,20,22). The molecule has 0 unspecified atom stereocenters. The SMILES string of the molecule is O=C(Cc1c[nH]c2ccccc12)Nc1ccc(CCO)cc1. The van der Waals surface area contributed by atoms with Gasteiger partial charge in [-0.2, -0.15) is 0 Å². The Morgan fingerprint density at radius 1 is 1.09 bits per heavy atom. The van der Waals surface area contributed by atoms with Gasteiger partial charge in [-0.15, -0.1) is 0 Å². The molecule has 1 aromatic heterocycles. The summed E-state index contributed by atoms with van der Waals surface area (Å²) in [5, 5.41) is 12.9. The van der Waals surface area contributed by atoms with E-state index in [1.54, 1.807) is 0 Å². The molecular formula is C18H18N2O2. The van der Waals surface area contributed by atoms with Crippen LogP contribution in [-0.4, -0.2) is 22.6 Å². The second kappa shape index (κ2) is 6.45. The summed E-state index contributed by atoms with van der Waals surface area (Å²) >= 11 is 0. The lowest BCUT2D eigenvalue weighted by atomic mass is 10.1. The van der Waals surface area contributed by atoms with Crippen molar-refractivity contribution in [3.63, 3.8) is 0 Å². The molecule has 0 radical (unpaired) electrons. The molecule has 112 valence electrons. The molecule has 0 spiro atoms. The number of aliphatic hydroxyl groups excluding tert-OH is 1. The summed E-state index contributed by atoms with van der Waals surface area (Å²) in [7, 11) is 0. The monoisotopic (exact) mass is 294 g/mol. The number of carbonyl (C=O) groups excluding carboxylic acids is 1. The number of aromatic nitrogens is 1. The third-order valence-electron chi connectivity index (χ3n) is 3.66. The van der Waals surface area contributed by atoms with Gasteiger partial charge in [0.25, 0.3) is 0 Å². The first-order valence-corrected chi connectivity index (χ1v) is 7.31. The van der Waals surface area contributed by atoms with Crippen molar-refractivity contribution in [1.29, 1.82) is 0 Å². The molecule has 4 nitrogen and oxygen atoms in total. The van der Waals surface area contributed by atoms with Gasteiger partial charge in [-0.25, -0.2) is 0 Å². The largest absolute Gasteiger partial charge is 0.396 e. The van der Waals surface area contributed by atoms with Crippen molar-refractivity contribution >= 4 is 22.5 Å². The number of para-hydroxylation sites is 1. The number of amides is 1. The van der Waals surface area contributed by atoms with E-state index in [0.717, 1.165) is 27.7 Å². The van der Waals surface area contributed by atoms with Gasteiger partial charge in [0, 0.05) is 29.4 Å². The van der Waals surface area contributed by atoms with Crippen LogP contribution in [0.5, 0.6) is 0 Å². The summed E-state index contributed by atoms with van der Waals surface area (Å²) in [6, 6.07) is 15.5. The quantitative estimate of drug-likeness (QED) is 0.677. The summed E-state index contributed by atoms with van der Waals surface area (Å²) in [6.07, 6.45) is 2.85. The molecule has 2 aromatic carbocycles. The van der Waals surface area contributed by atoms with E-state index >= 15 is 0 Å². The van der Waals surface area contributed by atoms with Crippen LogP contribution in [-0.2, 0) is 17.6 Å². The van der Waals surface area contributed by atoms with Crippen molar-refractivity contribution in [2.24, 2.45) is 0 Å². The Labute approximate surface area is 128 Å². The molecule has 0 aliphatic rings. The highest BCUT2D eigenvalue weighted by molar-refractivity contribution is 5.95. The summed E-state index contributed by atoms with van der Waals surface area (Å²) in [5.74, 6) is -0.0420. The summed E-state index contributed by atoms with van der Waals surface area (Å²) < 4.78 is 0. The van der Waals surface area contributed by atoms with Gasteiger partial charge in [-0.3, -0.25) is 4.79 Å². The van der Waals surface area contributed by atoms with Crippen molar-refractivity contribution < 1.29 is 9.90 Å². The number of aromatic amines is 1. The Morgan fingerprint density at radius 2 is 1.86 bits per heavy atom. The van der Waals surface area contributed by atoms with Gasteiger partial charge in [-0.1, -0.05) is 30.3 Å². The number of benzene rings is 2. The number of anilines is 1. The van der Waals surface area contributed by atoms with E-state index in [2.05, 4.69) is 10.3 Å². The fourth-order valence-electron chi connectivity index (χ4n) is 2.54. The zero-order valence-electron chi connectivity index (χ0n) is 12.2. The molecule has 3 aromatic rings. The Hall–Kier alpha value is -2.59. The topological polar surface area (TPSA) is 65.1 Å². The first-order valence-electron chi connectivity index (χ1n) is 7.31. The Balaban J connectivity index is 1.67. The predicted molar refractivity (Wildman–Crippen MR) is 87.9 cm³/mol. The third-order valence-corrected chi connectivity index (χ3v) is 3.66. The Bertz CT molecular complexity index is 775. The molecule has 0 saturated carbocycles. The summed E-state index contributed by atoms with van der Waals surface area (Å²) in [5.41, 5.74) is 3.85. The van der Waals surface area contributed by atoms with E-state index in [0.29, 0.717) is 12.8 Å². The number of fused-ring (bicyclic) bond motifs is 1. The van der Waals surface area contributed by atoms with Crippen LogP contribution in [0, 0.1) is 0 Å². The summed E-state index contributed by atoms with van der Waals surface area (Å²) in [4.78, 5) is 15.3. The average Bonchev–Trinajstić information content (AvgIpc) is 2.93. The van der Waals surface area contributed by atoms with Gasteiger partial charge in [0.2, 0.25) is 5.91 Å². The molecule has 0 aliphatic heterocycles. The number of rotatable bonds is 5. The van der Waals surface area contributed by atoms with Crippen LogP contribution in [0.3, 0.4) is 0 Å². The van der Waals surface area contributed by atoms with E-state index in [1.807, 2.05) is 54.7 Å². The highest BCUT2D eigenvalue weighted by atomic mass is 16.2. The molecule has 0 atom stereocenters. The van der Waals surface area contributed by atoms with Crippen LogP contribution in [0.15, 0.2) is 54.7 Å². The fraction of sp³-hybridized carbons (Fsp3) is 0.167. The molecule has 0 fully saturated rings. The Morgan fingerprint density at radius 3 is 2.64 bits per heavy atom. The zero-order valence-corrected chi connectivity index (χ0v) is 12.2. The van der Waals surface area contributed by atoms with Crippen molar-refractivity contribution in [3.8, 4) is 0 Å². The van der Waals surface area contributed by atoms with Gasteiger partial charge < -0.3 is 15.4 Å². The number of aliphatic hydroxyl groups is 1. The second-order valence-corrected chi connectivity index (χ2v) is 5.25. The molecular weight excluding hydrogens is 276 g/mol. The highest BCUT2D eigenvalue weighted by Crippen LogP contribution is 2.18. The number of H-pyrrole nitrogens is 1. The lowest BCUT2D eigenvalue weighted by Crippen LogP contribution is -2.14. The number of hydrogen-bond acceptors (Lipinski definition) is 2. The van der Waals surface area contributed by atoms with Gasteiger partial charge in [0.05, 0.1) is 6.42 Å². The van der Waals surface area contributed by atoms with Crippen molar-refractivity contribution in [2.45, 2.75) is 12.8 Å². The lowest BCUT2D eigenvalue weighted by Gasteiger charge is -2.06. The number of hydrogen-bond donors (Lipinski definition) is 3. The van der Waals surface area contributed by atoms with Crippen LogP contribution in [0.25, 0.3) is 10.9 Å². The van der Waals surface area contributed by atoms with Crippen LogP contribution in [0.1, 0.15) is 11.1 Å². The van der Waals surface area contributed by atoms with Gasteiger partial charge in [-0.05, 0) is 35.7 Å². The maximum Gasteiger partial charge on any atom is 0.228 e. The van der Waals surface area contributed by atoms with E-state index in [-0.39, 0.29) is 12.5 Å². The predicted octanol–water partition coefficient (Wildman–Crippen LogP) is 2.88. The molecule has 3 N–H and O–H groups in total. The fourth-order valence-corrected chi connectivity index (χ4v) is 2.54. The van der Waals surface area contributed by atoms with E-state index in [1.165, 1.54) is 0 Å². The van der Waals surface area contributed by atoms with Gasteiger partial charge >= 0.3 is 0 Å². The molecule has 1 heterocycles. The highest BCUT2D eigenvalue weighted by Gasteiger charge is 2.08. The molecule has 0 saturated heterocycles. The minimum absolute atomic E-state index is 0.0420. The first-order chi connectivity index (χ1) is 10.8. The van der Waals surface area contributed by atoms with Crippen molar-refractivity contribution in [3.05, 3.63) is 65.9 Å². The van der Waals surface area contributed by atoms with Crippen LogP contribution in [0.2, 0.25) is 0 Å². The van der Waals surface area contributed by atoms with Crippen LogP contribution in [0.4, 0.5) is 5.69 Å².